The molecule has 0 aliphatic heterocycles. The van der Waals surface area contributed by atoms with Crippen LogP contribution in [-0.2, 0) is 19.0 Å². The van der Waals surface area contributed by atoms with Gasteiger partial charge in [-0.25, -0.2) is 4.98 Å². The molecule has 3 aromatic rings. The van der Waals surface area contributed by atoms with Gasteiger partial charge in [0.05, 0.1) is 16.3 Å². The fraction of sp³-hybridized carbons (Fsp3) is 0.278. The van der Waals surface area contributed by atoms with Crippen LogP contribution < -0.4 is 51.4 Å². The Bertz CT molecular complexity index is 800. The zero-order chi connectivity index (χ0) is 16.2. The quantitative estimate of drug-likeness (QED) is 0.385. The molecule has 0 unspecified atom stereocenters. The molecule has 24 heavy (non-hydrogen) atoms. The second-order valence-corrected chi connectivity index (χ2v) is 6.82. The third-order valence-corrected chi connectivity index (χ3v) is 5.11. The summed E-state index contributed by atoms with van der Waals surface area (Å²) in [6.07, 6.45) is 5.30. The van der Waals surface area contributed by atoms with Gasteiger partial charge in [-0.15, -0.1) is 11.3 Å². The first-order chi connectivity index (χ1) is 11.2. The Labute approximate surface area is 195 Å². The summed E-state index contributed by atoms with van der Waals surface area (Å²) >= 11 is 6.70. The average molecular weight is 380 g/mol. The van der Waals surface area contributed by atoms with Crippen LogP contribution in [0.4, 0.5) is 0 Å². The summed E-state index contributed by atoms with van der Waals surface area (Å²) in [5.74, 6) is 0. The predicted octanol–water partition coefficient (Wildman–Crippen LogP) is 1.83. The van der Waals surface area contributed by atoms with Crippen LogP contribution in [0.1, 0.15) is 31.0 Å². The van der Waals surface area contributed by atoms with Gasteiger partial charge in [-0.05, 0) is 31.4 Å². The number of unbranched alkanes of at least 4 members (excludes halogenated alkanes) is 1. The molecule has 0 spiro atoms. The van der Waals surface area contributed by atoms with Gasteiger partial charge in [0.1, 0.15) is 5.01 Å². The SMILES string of the molecule is CCCCc1ccc(-c2nc(C)c(-c3ccnc([S-])n3)s2)cc1.[K+]. The molecule has 0 N–H and O–H groups in total. The van der Waals surface area contributed by atoms with Crippen LogP contribution in [0.5, 0.6) is 0 Å². The number of thiazole rings is 1. The smallest absolute Gasteiger partial charge is 0.740 e. The molecule has 3 rings (SSSR count). The molecule has 0 aliphatic rings. The van der Waals surface area contributed by atoms with Gasteiger partial charge < -0.3 is 12.6 Å². The Morgan fingerprint density at radius 3 is 2.50 bits per heavy atom. The second kappa shape index (κ2) is 9.47. The number of aromatic nitrogens is 3. The fourth-order valence-electron chi connectivity index (χ4n) is 2.42. The predicted molar refractivity (Wildman–Crippen MR) is 97.6 cm³/mol. The van der Waals surface area contributed by atoms with Crippen LogP contribution in [-0.4, -0.2) is 15.0 Å². The zero-order valence-corrected chi connectivity index (χ0v) is 19.0. The van der Waals surface area contributed by atoms with Gasteiger partial charge in [-0.2, -0.15) is 0 Å². The van der Waals surface area contributed by atoms with Gasteiger partial charge in [-0.3, -0.25) is 9.97 Å². The molecule has 1 aromatic carbocycles. The summed E-state index contributed by atoms with van der Waals surface area (Å²) < 4.78 is 0. The minimum Gasteiger partial charge on any atom is -0.740 e. The third-order valence-electron chi connectivity index (χ3n) is 3.68. The van der Waals surface area contributed by atoms with Crippen LogP contribution >= 0.6 is 11.3 Å². The van der Waals surface area contributed by atoms with E-state index in [1.807, 2.05) is 13.0 Å². The first-order valence-electron chi connectivity index (χ1n) is 7.74. The molecule has 0 atom stereocenters. The third kappa shape index (κ3) is 4.91. The molecular formula is C18H18KN3S2. The van der Waals surface area contributed by atoms with E-state index in [4.69, 9.17) is 17.6 Å². The number of benzene rings is 1. The maximum absolute atomic E-state index is 5.05. The Balaban J connectivity index is 0.00000208. The molecule has 0 fully saturated rings. The van der Waals surface area contributed by atoms with Crippen LogP contribution in [0.25, 0.3) is 21.1 Å². The molecule has 0 saturated heterocycles. The van der Waals surface area contributed by atoms with Crippen LogP contribution in [0.2, 0.25) is 0 Å². The van der Waals surface area contributed by atoms with E-state index in [9.17, 15) is 0 Å². The van der Waals surface area contributed by atoms with E-state index in [2.05, 4.69) is 41.2 Å². The van der Waals surface area contributed by atoms with E-state index in [1.165, 1.54) is 18.4 Å². The van der Waals surface area contributed by atoms with Crippen LogP contribution in [0, 0.1) is 6.92 Å². The van der Waals surface area contributed by atoms with Crippen LogP contribution in [0.3, 0.4) is 0 Å². The van der Waals surface area contributed by atoms with Crippen LogP contribution in [0.15, 0.2) is 41.7 Å². The Morgan fingerprint density at radius 2 is 1.83 bits per heavy atom. The van der Waals surface area contributed by atoms with E-state index in [0.29, 0.717) is 5.16 Å². The first kappa shape index (κ1) is 20.1. The molecule has 0 bridgehead atoms. The normalized spacial score (nSPS) is 10.4. The standard InChI is InChI=1S/C18H19N3S2.K/c1-3-4-5-13-6-8-14(9-7-13)17-20-12(2)16(23-17)15-10-11-19-18(22)21-15;/h6-11H,3-5H2,1-2H3,(H,19,21,22);/q;+1/p-1. The molecule has 3 nitrogen and oxygen atoms in total. The van der Waals surface area contributed by atoms with E-state index in [0.717, 1.165) is 33.3 Å². The van der Waals surface area contributed by atoms with E-state index in [-0.39, 0.29) is 51.4 Å². The van der Waals surface area contributed by atoms with E-state index >= 15 is 0 Å². The molecule has 2 aromatic heterocycles. The Kier molecular flexibility index (Phi) is 7.94. The minimum atomic E-state index is 0. The maximum atomic E-state index is 5.05. The van der Waals surface area contributed by atoms with Crippen molar-refractivity contribution >= 4 is 24.0 Å². The minimum absolute atomic E-state index is 0. The molecule has 6 heteroatoms. The number of rotatable bonds is 5. The van der Waals surface area contributed by atoms with Gasteiger partial charge in [0.25, 0.3) is 0 Å². The molecule has 0 radical (unpaired) electrons. The van der Waals surface area contributed by atoms with Crippen molar-refractivity contribution < 1.29 is 51.4 Å². The summed E-state index contributed by atoms with van der Waals surface area (Å²) in [6.45, 7) is 4.23. The van der Waals surface area contributed by atoms with Crippen molar-refractivity contribution in [3.63, 3.8) is 0 Å². The van der Waals surface area contributed by atoms with Crippen molar-refractivity contribution in [2.24, 2.45) is 0 Å². The summed E-state index contributed by atoms with van der Waals surface area (Å²) in [5, 5.41) is 1.39. The zero-order valence-electron chi connectivity index (χ0n) is 14.2. The average Bonchev–Trinajstić information content (AvgIpc) is 2.95. The molecule has 0 amide bonds. The van der Waals surface area contributed by atoms with Gasteiger partial charge in [-0.1, -0.05) is 37.6 Å². The summed E-state index contributed by atoms with van der Waals surface area (Å²) in [7, 11) is 0. The molecule has 118 valence electrons. The Hall–Kier alpha value is -0.214. The summed E-state index contributed by atoms with van der Waals surface area (Å²) in [4.78, 5) is 14.1. The molecular weight excluding hydrogens is 361 g/mol. The number of aryl methyl sites for hydroxylation is 2. The Morgan fingerprint density at radius 1 is 1.08 bits per heavy atom. The van der Waals surface area contributed by atoms with Crippen molar-refractivity contribution in [1.82, 2.24) is 15.0 Å². The molecule has 0 saturated carbocycles. The topological polar surface area (TPSA) is 38.7 Å². The van der Waals surface area contributed by atoms with Gasteiger partial charge in [0.15, 0.2) is 0 Å². The van der Waals surface area contributed by atoms with Crippen molar-refractivity contribution in [1.29, 1.82) is 0 Å². The van der Waals surface area contributed by atoms with E-state index < -0.39 is 0 Å². The maximum Gasteiger partial charge on any atom is 1.00 e. The van der Waals surface area contributed by atoms with Gasteiger partial charge in [0.2, 0.25) is 0 Å². The number of nitrogens with zero attached hydrogens (tertiary/aromatic N) is 3. The van der Waals surface area contributed by atoms with Gasteiger partial charge >= 0.3 is 51.4 Å². The number of hydrogen-bond acceptors (Lipinski definition) is 5. The number of hydrogen-bond donors (Lipinski definition) is 0. The van der Waals surface area contributed by atoms with Crippen molar-refractivity contribution in [2.45, 2.75) is 38.3 Å². The largest absolute Gasteiger partial charge is 1.00 e. The monoisotopic (exact) mass is 379 g/mol. The molecule has 2 heterocycles. The summed E-state index contributed by atoms with van der Waals surface area (Å²) in [6, 6.07) is 10.6. The van der Waals surface area contributed by atoms with Gasteiger partial charge in [0, 0.05) is 16.9 Å². The second-order valence-electron chi connectivity index (χ2n) is 5.46. The molecule has 0 aliphatic carbocycles. The van der Waals surface area contributed by atoms with Crippen molar-refractivity contribution in [3.05, 3.63) is 47.8 Å². The van der Waals surface area contributed by atoms with Crippen molar-refractivity contribution in [2.75, 3.05) is 0 Å². The first-order valence-corrected chi connectivity index (χ1v) is 8.97. The van der Waals surface area contributed by atoms with E-state index in [1.54, 1.807) is 17.5 Å². The fourth-order valence-corrected chi connectivity index (χ4v) is 3.62. The van der Waals surface area contributed by atoms with Crippen molar-refractivity contribution in [3.8, 4) is 21.1 Å². The summed E-state index contributed by atoms with van der Waals surface area (Å²) in [5.41, 5.74) is 4.37.